The molecule has 0 spiro atoms. The maximum absolute atomic E-state index is 11.2. The first-order valence-corrected chi connectivity index (χ1v) is 6.47. The van der Waals surface area contributed by atoms with Crippen LogP contribution < -0.4 is 5.73 Å². The minimum Gasteiger partial charge on any atom is -0.344 e. The molecule has 1 aromatic rings. The lowest BCUT2D eigenvalue weighted by Gasteiger charge is -2.15. The number of rotatable bonds is 5. The molecule has 0 aliphatic carbocycles. The number of hydrogen-bond acceptors (Lipinski definition) is 3. The number of amides is 1. The predicted molar refractivity (Wildman–Crippen MR) is 68.6 cm³/mol. The molecule has 0 radical (unpaired) electrons. The van der Waals surface area contributed by atoms with Gasteiger partial charge in [0.15, 0.2) is 0 Å². The van der Waals surface area contributed by atoms with Crippen LogP contribution in [-0.2, 0) is 11.2 Å². The van der Waals surface area contributed by atoms with Crippen LogP contribution in [0.4, 0.5) is 0 Å². The Balaban J connectivity index is 2.45. The van der Waals surface area contributed by atoms with E-state index in [-0.39, 0.29) is 12.5 Å². The van der Waals surface area contributed by atoms with E-state index in [0.717, 1.165) is 6.42 Å². The van der Waals surface area contributed by atoms with Crippen LogP contribution >= 0.6 is 11.8 Å². The van der Waals surface area contributed by atoms with Gasteiger partial charge >= 0.3 is 0 Å². The number of nitrogens with two attached hydrogens (primary N) is 1. The van der Waals surface area contributed by atoms with Crippen LogP contribution in [0.2, 0.25) is 0 Å². The molecule has 0 fully saturated rings. The van der Waals surface area contributed by atoms with Crippen LogP contribution in [0, 0.1) is 0 Å². The number of nitrogens with zero attached hydrogens (tertiary/aromatic N) is 1. The van der Waals surface area contributed by atoms with Gasteiger partial charge in [0.2, 0.25) is 5.91 Å². The molecule has 0 unspecified atom stereocenters. The highest BCUT2D eigenvalue weighted by molar-refractivity contribution is 7.98. The van der Waals surface area contributed by atoms with Crippen LogP contribution in [0.3, 0.4) is 0 Å². The van der Waals surface area contributed by atoms with E-state index in [1.54, 1.807) is 23.7 Å². The van der Waals surface area contributed by atoms with Gasteiger partial charge in [0.05, 0.1) is 6.54 Å². The van der Waals surface area contributed by atoms with Crippen molar-refractivity contribution in [1.29, 1.82) is 0 Å². The molecule has 0 aliphatic heterocycles. The first-order valence-electron chi connectivity index (χ1n) is 5.24. The molecule has 0 heterocycles. The summed E-state index contributed by atoms with van der Waals surface area (Å²) >= 11 is 1.73. The Morgan fingerprint density at radius 3 is 2.50 bits per heavy atom. The van der Waals surface area contributed by atoms with Crippen molar-refractivity contribution in [3.05, 3.63) is 29.8 Å². The Labute approximate surface area is 101 Å². The molecule has 1 amide bonds. The predicted octanol–water partition coefficient (Wildman–Crippen LogP) is 1.37. The van der Waals surface area contributed by atoms with E-state index >= 15 is 0 Å². The zero-order valence-electron chi connectivity index (χ0n) is 9.77. The van der Waals surface area contributed by atoms with Crippen molar-refractivity contribution in [2.24, 2.45) is 5.73 Å². The summed E-state index contributed by atoms with van der Waals surface area (Å²) in [6.45, 7) is 0.802. The largest absolute Gasteiger partial charge is 0.344 e. The summed E-state index contributed by atoms with van der Waals surface area (Å²) in [7, 11) is 1.78. The third-order valence-electron chi connectivity index (χ3n) is 2.50. The van der Waals surface area contributed by atoms with Crippen molar-refractivity contribution in [2.75, 3.05) is 26.4 Å². The van der Waals surface area contributed by atoms with Crippen LogP contribution in [-0.4, -0.2) is 37.2 Å². The number of benzene rings is 1. The van der Waals surface area contributed by atoms with Crippen molar-refractivity contribution in [2.45, 2.75) is 11.3 Å². The number of hydrogen-bond donors (Lipinski definition) is 1. The second kappa shape index (κ2) is 6.55. The summed E-state index contributed by atoms with van der Waals surface area (Å²) < 4.78 is 0. The minimum atomic E-state index is -0.0132. The zero-order chi connectivity index (χ0) is 12.0. The number of carbonyl (C=O) groups is 1. The summed E-state index contributed by atoms with van der Waals surface area (Å²) in [5.41, 5.74) is 6.53. The second-order valence-corrected chi connectivity index (χ2v) is 4.50. The molecule has 2 N–H and O–H groups in total. The average molecular weight is 238 g/mol. The third kappa shape index (κ3) is 3.87. The van der Waals surface area contributed by atoms with Gasteiger partial charge in [0.1, 0.15) is 0 Å². The molecule has 0 bridgehead atoms. The number of thioether (sulfide) groups is 1. The lowest BCUT2D eigenvalue weighted by Crippen LogP contribution is -2.34. The zero-order valence-corrected chi connectivity index (χ0v) is 10.6. The van der Waals surface area contributed by atoms with E-state index < -0.39 is 0 Å². The first-order chi connectivity index (χ1) is 7.67. The molecular weight excluding hydrogens is 220 g/mol. The van der Waals surface area contributed by atoms with Crippen LogP contribution in [0.5, 0.6) is 0 Å². The van der Waals surface area contributed by atoms with E-state index in [0.29, 0.717) is 6.54 Å². The molecule has 16 heavy (non-hydrogen) atoms. The van der Waals surface area contributed by atoms with E-state index in [9.17, 15) is 4.79 Å². The summed E-state index contributed by atoms with van der Waals surface area (Å²) in [4.78, 5) is 14.2. The summed E-state index contributed by atoms with van der Waals surface area (Å²) in [6.07, 6.45) is 2.93. The van der Waals surface area contributed by atoms with Gasteiger partial charge in [-0.25, -0.2) is 0 Å². The van der Waals surface area contributed by atoms with Gasteiger partial charge in [0, 0.05) is 18.5 Å². The van der Waals surface area contributed by atoms with Crippen molar-refractivity contribution < 1.29 is 4.79 Å². The smallest absolute Gasteiger partial charge is 0.236 e. The fraction of sp³-hybridized carbons (Fsp3) is 0.417. The molecule has 0 aromatic heterocycles. The Bertz CT molecular complexity index is 337. The standard InChI is InChI=1S/C12H18N2OS/c1-14(12(15)9-13)8-7-10-3-5-11(16-2)6-4-10/h3-6H,7-9,13H2,1-2H3. The van der Waals surface area contributed by atoms with Crippen molar-refractivity contribution in [1.82, 2.24) is 4.90 Å². The Hall–Kier alpha value is -1.00. The third-order valence-corrected chi connectivity index (χ3v) is 3.24. The molecule has 0 saturated carbocycles. The summed E-state index contributed by atoms with van der Waals surface area (Å²) in [6, 6.07) is 8.41. The monoisotopic (exact) mass is 238 g/mol. The van der Waals surface area contributed by atoms with Crippen molar-refractivity contribution in [3.63, 3.8) is 0 Å². The van der Waals surface area contributed by atoms with Gasteiger partial charge in [-0.1, -0.05) is 12.1 Å². The molecule has 3 nitrogen and oxygen atoms in total. The minimum absolute atomic E-state index is 0.0132. The maximum Gasteiger partial charge on any atom is 0.236 e. The topological polar surface area (TPSA) is 46.3 Å². The molecule has 88 valence electrons. The van der Waals surface area contributed by atoms with Crippen molar-refractivity contribution >= 4 is 17.7 Å². The van der Waals surface area contributed by atoms with E-state index in [1.807, 2.05) is 0 Å². The second-order valence-electron chi connectivity index (χ2n) is 3.62. The van der Waals surface area contributed by atoms with Gasteiger partial charge in [-0.15, -0.1) is 11.8 Å². The van der Waals surface area contributed by atoms with Crippen LogP contribution in [0.25, 0.3) is 0 Å². The van der Waals surface area contributed by atoms with Gasteiger partial charge in [0.25, 0.3) is 0 Å². The normalized spacial score (nSPS) is 10.2. The Kier molecular flexibility index (Phi) is 5.35. The maximum atomic E-state index is 11.2. The highest BCUT2D eigenvalue weighted by Crippen LogP contribution is 2.15. The highest BCUT2D eigenvalue weighted by Gasteiger charge is 2.05. The van der Waals surface area contributed by atoms with Gasteiger partial charge in [-0.3, -0.25) is 4.79 Å². The molecule has 1 aromatic carbocycles. The summed E-state index contributed by atoms with van der Waals surface area (Å²) in [5.74, 6) is -0.0132. The van der Waals surface area contributed by atoms with Crippen molar-refractivity contribution in [3.8, 4) is 0 Å². The lowest BCUT2D eigenvalue weighted by molar-refractivity contribution is -0.128. The highest BCUT2D eigenvalue weighted by atomic mass is 32.2. The van der Waals surface area contributed by atoms with E-state index in [4.69, 9.17) is 5.73 Å². The first kappa shape index (κ1) is 13.1. The molecule has 0 atom stereocenters. The van der Waals surface area contributed by atoms with Gasteiger partial charge in [-0.05, 0) is 30.4 Å². The summed E-state index contributed by atoms with van der Waals surface area (Å²) in [5, 5.41) is 0. The molecule has 4 heteroatoms. The Morgan fingerprint density at radius 2 is 2.00 bits per heavy atom. The quantitative estimate of drug-likeness (QED) is 0.788. The van der Waals surface area contributed by atoms with Gasteiger partial charge in [-0.2, -0.15) is 0 Å². The molecule has 0 saturated heterocycles. The average Bonchev–Trinajstić information content (AvgIpc) is 2.35. The van der Waals surface area contributed by atoms with E-state index in [2.05, 4.69) is 30.5 Å². The van der Waals surface area contributed by atoms with Crippen LogP contribution in [0.1, 0.15) is 5.56 Å². The van der Waals surface area contributed by atoms with Gasteiger partial charge < -0.3 is 10.6 Å². The SMILES string of the molecule is CSc1ccc(CCN(C)C(=O)CN)cc1. The fourth-order valence-electron chi connectivity index (χ4n) is 1.37. The lowest BCUT2D eigenvalue weighted by atomic mass is 10.1. The Morgan fingerprint density at radius 1 is 1.38 bits per heavy atom. The molecule has 1 rings (SSSR count). The number of likely N-dealkylation sites (N-methyl/N-ethyl adjacent to an activating group) is 1. The molecule has 0 aliphatic rings. The van der Waals surface area contributed by atoms with Crippen LogP contribution in [0.15, 0.2) is 29.2 Å². The number of carbonyl (C=O) groups excluding carboxylic acids is 1. The van der Waals surface area contributed by atoms with E-state index in [1.165, 1.54) is 10.5 Å². The molecular formula is C12H18N2OS. The fourth-order valence-corrected chi connectivity index (χ4v) is 1.78.